The molecule has 0 aliphatic carbocycles. The molecule has 0 aliphatic heterocycles. The van der Waals surface area contributed by atoms with Crippen LogP contribution in [0.25, 0.3) is 0 Å². The number of carboxylic acid groups (broad SMARTS) is 1. The molecule has 0 amide bonds. The predicted octanol–water partition coefficient (Wildman–Crippen LogP) is 4.61. The number of aliphatic carboxylic acids is 1. The van der Waals surface area contributed by atoms with Crippen LogP contribution in [0.3, 0.4) is 0 Å². The molecule has 4 heteroatoms. The van der Waals surface area contributed by atoms with Crippen molar-refractivity contribution >= 4 is 21.9 Å². The third-order valence-electron chi connectivity index (χ3n) is 3.22. The largest absolute Gasteiger partial charge is 0.489 e. The second-order valence-corrected chi connectivity index (χ2v) is 5.90. The van der Waals surface area contributed by atoms with Gasteiger partial charge in [0.05, 0.1) is 6.42 Å². The molecular weight excluding hydrogens is 332 g/mol. The molecule has 2 aromatic rings. The Morgan fingerprint density at radius 1 is 1.24 bits per heavy atom. The van der Waals surface area contributed by atoms with E-state index < -0.39 is 5.97 Å². The van der Waals surface area contributed by atoms with Gasteiger partial charge < -0.3 is 9.84 Å². The first-order chi connectivity index (χ1) is 10.0. The zero-order chi connectivity index (χ0) is 15.2. The Morgan fingerprint density at radius 3 is 2.57 bits per heavy atom. The Labute approximate surface area is 132 Å². The lowest BCUT2D eigenvalue weighted by molar-refractivity contribution is -0.137. The molecular formula is C17H17BrO3. The van der Waals surface area contributed by atoms with Gasteiger partial charge in [0.15, 0.2) is 0 Å². The molecule has 0 saturated heterocycles. The van der Waals surface area contributed by atoms with E-state index in [0.29, 0.717) is 6.61 Å². The summed E-state index contributed by atoms with van der Waals surface area (Å²) in [4.78, 5) is 10.7. The van der Waals surface area contributed by atoms with Crippen molar-refractivity contribution in [1.82, 2.24) is 0 Å². The molecule has 0 radical (unpaired) electrons. The fourth-order valence-corrected chi connectivity index (χ4v) is 2.51. The average Bonchev–Trinajstić information content (AvgIpc) is 2.45. The molecule has 1 atom stereocenters. The summed E-state index contributed by atoms with van der Waals surface area (Å²) >= 11 is 3.43. The van der Waals surface area contributed by atoms with Gasteiger partial charge in [-0.3, -0.25) is 4.79 Å². The van der Waals surface area contributed by atoms with Crippen molar-refractivity contribution in [3.05, 3.63) is 64.1 Å². The van der Waals surface area contributed by atoms with E-state index in [9.17, 15) is 4.79 Å². The molecule has 0 bridgehead atoms. The molecule has 0 aliphatic rings. The van der Waals surface area contributed by atoms with Crippen molar-refractivity contribution in [2.45, 2.75) is 25.9 Å². The van der Waals surface area contributed by atoms with Gasteiger partial charge in [0.25, 0.3) is 0 Å². The minimum atomic E-state index is -0.780. The summed E-state index contributed by atoms with van der Waals surface area (Å²) in [6, 6.07) is 15.6. The summed E-state index contributed by atoms with van der Waals surface area (Å²) in [5.41, 5.74) is 2.10. The highest BCUT2D eigenvalue weighted by molar-refractivity contribution is 9.10. The van der Waals surface area contributed by atoms with Crippen molar-refractivity contribution < 1.29 is 14.6 Å². The van der Waals surface area contributed by atoms with E-state index in [0.717, 1.165) is 21.3 Å². The van der Waals surface area contributed by atoms with E-state index in [1.165, 1.54) is 0 Å². The average molecular weight is 349 g/mol. The second kappa shape index (κ2) is 7.27. The van der Waals surface area contributed by atoms with Gasteiger partial charge in [-0.25, -0.2) is 0 Å². The minimum Gasteiger partial charge on any atom is -0.489 e. The zero-order valence-corrected chi connectivity index (χ0v) is 13.3. The lowest BCUT2D eigenvalue weighted by Gasteiger charge is -2.11. The molecule has 2 rings (SSSR count). The van der Waals surface area contributed by atoms with Crippen molar-refractivity contribution in [3.63, 3.8) is 0 Å². The second-order valence-electron chi connectivity index (χ2n) is 4.99. The van der Waals surface area contributed by atoms with Gasteiger partial charge in [-0.05, 0) is 41.3 Å². The molecule has 2 aromatic carbocycles. The Morgan fingerprint density at radius 2 is 1.95 bits per heavy atom. The normalized spacial score (nSPS) is 11.9. The van der Waals surface area contributed by atoms with Gasteiger partial charge in [-0.1, -0.05) is 47.1 Å². The van der Waals surface area contributed by atoms with E-state index in [4.69, 9.17) is 9.84 Å². The maximum atomic E-state index is 10.7. The third-order valence-corrected chi connectivity index (χ3v) is 3.72. The van der Waals surface area contributed by atoms with Crippen LogP contribution in [-0.2, 0) is 11.4 Å². The molecule has 0 heterocycles. The van der Waals surface area contributed by atoms with E-state index in [2.05, 4.69) is 15.9 Å². The predicted molar refractivity (Wildman–Crippen MR) is 85.6 cm³/mol. The summed E-state index contributed by atoms with van der Waals surface area (Å²) in [7, 11) is 0. The van der Waals surface area contributed by atoms with Gasteiger partial charge in [-0.15, -0.1) is 0 Å². The summed E-state index contributed by atoms with van der Waals surface area (Å²) in [5, 5.41) is 8.80. The van der Waals surface area contributed by atoms with Crippen LogP contribution in [0.1, 0.15) is 30.4 Å². The van der Waals surface area contributed by atoms with Crippen LogP contribution in [-0.4, -0.2) is 11.1 Å². The molecule has 3 nitrogen and oxygen atoms in total. The summed E-state index contributed by atoms with van der Waals surface area (Å²) < 4.78 is 6.75. The van der Waals surface area contributed by atoms with Crippen molar-refractivity contribution in [3.8, 4) is 5.75 Å². The Hall–Kier alpha value is -1.81. The Bertz CT molecular complexity index is 608. The number of halogens is 1. The first-order valence-corrected chi connectivity index (χ1v) is 7.53. The van der Waals surface area contributed by atoms with Crippen molar-refractivity contribution in [2.24, 2.45) is 0 Å². The summed E-state index contributed by atoms with van der Waals surface area (Å²) in [5.74, 6) is 0.000334. The lowest BCUT2D eigenvalue weighted by Crippen LogP contribution is -2.02. The first kappa shape index (κ1) is 15.6. The number of ether oxygens (including phenoxy) is 1. The van der Waals surface area contributed by atoms with E-state index in [1.807, 2.05) is 55.5 Å². The van der Waals surface area contributed by atoms with E-state index in [1.54, 1.807) is 0 Å². The van der Waals surface area contributed by atoms with Crippen LogP contribution in [0.15, 0.2) is 53.0 Å². The molecule has 110 valence electrons. The highest BCUT2D eigenvalue weighted by Gasteiger charge is 2.10. The highest BCUT2D eigenvalue weighted by atomic mass is 79.9. The molecule has 0 fully saturated rings. The van der Waals surface area contributed by atoms with Gasteiger partial charge in [0, 0.05) is 4.47 Å². The van der Waals surface area contributed by atoms with Crippen LogP contribution in [0.4, 0.5) is 0 Å². The number of rotatable bonds is 6. The molecule has 0 spiro atoms. The first-order valence-electron chi connectivity index (χ1n) is 6.73. The fraction of sp³-hybridized carbons (Fsp3) is 0.235. The summed E-state index contributed by atoms with van der Waals surface area (Å²) in [6.07, 6.45) is 0.137. The van der Waals surface area contributed by atoms with Gasteiger partial charge in [0.2, 0.25) is 0 Å². The molecule has 1 N–H and O–H groups in total. The van der Waals surface area contributed by atoms with E-state index >= 15 is 0 Å². The number of carboxylic acids is 1. The van der Waals surface area contributed by atoms with E-state index in [-0.39, 0.29) is 12.3 Å². The van der Waals surface area contributed by atoms with Gasteiger partial charge in [0.1, 0.15) is 12.4 Å². The Balaban J connectivity index is 1.95. The monoisotopic (exact) mass is 348 g/mol. The van der Waals surface area contributed by atoms with Gasteiger partial charge >= 0.3 is 5.97 Å². The smallest absolute Gasteiger partial charge is 0.303 e. The summed E-state index contributed by atoms with van der Waals surface area (Å²) in [6.45, 7) is 2.41. The van der Waals surface area contributed by atoms with Gasteiger partial charge in [-0.2, -0.15) is 0 Å². The standard InChI is InChI=1S/C17H17BrO3/c1-12(9-17(19)20)14-5-7-16(8-6-14)21-11-13-3-2-4-15(18)10-13/h2-8,10,12H,9,11H2,1H3,(H,19,20). The Kier molecular flexibility index (Phi) is 5.39. The fourth-order valence-electron chi connectivity index (χ4n) is 2.07. The van der Waals surface area contributed by atoms with Crippen LogP contribution in [0.5, 0.6) is 5.75 Å². The lowest BCUT2D eigenvalue weighted by atomic mass is 9.98. The van der Waals surface area contributed by atoms with Crippen LogP contribution < -0.4 is 4.74 Å². The van der Waals surface area contributed by atoms with Crippen molar-refractivity contribution in [1.29, 1.82) is 0 Å². The van der Waals surface area contributed by atoms with Crippen LogP contribution in [0.2, 0.25) is 0 Å². The van der Waals surface area contributed by atoms with Crippen LogP contribution >= 0.6 is 15.9 Å². The molecule has 0 saturated carbocycles. The number of carbonyl (C=O) groups is 1. The molecule has 0 aromatic heterocycles. The van der Waals surface area contributed by atoms with Crippen LogP contribution in [0, 0.1) is 0 Å². The quantitative estimate of drug-likeness (QED) is 0.829. The van der Waals surface area contributed by atoms with Crippen molar-refractivity contribution in [2.75, 3.05) is 0 Å². The topological polar surface area (TPSA) is 46.5 Å². The number of benzene rings is 2. The maximum absolute atomic E-state index is 10.7. The number of hydrogen-bond acceptors (Lipinski definition) is 2. The highest BCUT2D eigenvalue weighted by Crippen LogP contribution is 2.22. The molecule has 1 unspecified atom stereocenters. The maximum Gasteiger partial charge on any atom is 0.303 e. The third kappa shape index (κ3) is 4.90. The molecule has 21 heavy (non-hydrogen) atoms. The SMILES string of the molecule is CC(CC(=O)O)c1ccc(OCc2cccc(Br)c2)cc1. The zero-order valence-electron chi connectivity index (χ0n) is 11.8. The minimum absolute atomic E-state index is 0.00151. The number of hydrogen-bond donors (Lipinski definition) is 1.